The van der Waals surface area contributed by atoms with E-state index in [9.17, 15) is 4.79 Å². The van der Waals surface area contributed by atoms with Crippen LogP contribution in [0.3, 0.4) is 0 Å². The molecule has 5 nitrogen and oxygen atoms in total. The van der Waals surface area contributed by atoms with Crippen LogP contribution in [0.25, 0.3) is 0 Å². The number of nitrogens with one attached hydrogen (secondary N) is 1. The van der Waals surface area contributed by atoms with Gasteiger partial charge in [0.25, 0.3) is 5.91 Å². The molecule has 4 rings (SSSR count). The Kier molecular flexibility index (Phi) is 5.61. The molecule has 1 N–H and O–H groups in total. The van der Waals surface area contributed by atoms with E-state index in [1.165, 1.54) is 5.56 Å². The number of rotatable bonds is 5. The Hall–Kier alpha value is -3.47. The van der Waals surface area contributed by atoms with Crippen molar-refractivity contribution < 1.29 is 14.3 Å². The Bertz CT molecular complexity index is 1030. The summed E-state index contributed by atoms with van der Waals surface area (Å²) >= 11 is 0. The molecule has 0 spiro atoms. The van der Waals surface area contributed by atoms with Crippen LogP contribution in [-0.4, -0.2) is 25.7 Å². The number of carbonyl (C=O) groups excluding carboxylic acids is 1. The van der Waals surface area contributed by atoms with Crippen molar-refractivity contribution in [1.82, 2.24) is 5.32 Å². The van der Waals surface area contributed by atoms with Gasteiger partial charge in [-0.15, -0.1) is 0 Å². The largest absolute Gasteiger partial charge is 0.497 e. The van der Waals surface area contributed by atoms with Crippen molar-refractivity contribution in [2.24, 2.45) is 0 Å². The SMILES string of the molecule is COc1cccc([C@@H](C)NC(=O)C2CN(c3ccc(C)cc3)c3ccccc3O2)c1. The average molecular weight is 402 g/mol. The van der Waals surface area contributed by atoms with Crippen LogP contribution in [0.5, 0.6) is 11.5 Å². The molecule has 0 aliphatic carbocycles. The number of hydrogen-bond donors (Lipinski definition) is 1. The van der Waals surface area contributed by atoms with Gasteiger partial charge in [0, 0.05) is 5.69 Å². The van der Waals surface area contributed by atoms with Crippen LogP contribution in [0.4, 0.5) is 11.4 Å². The third kappa shape index (κ3) is 4.10. The molecule has 0 radical (unpaired) electrons. The molecule has 0 bridgehead atoms. The van der Waals surface area contributed by atoms with E-state index < -0.39 is 6.10 Å². The zero-order valence-corrected chi connectivity index (χ0v) is 17.5. The molecular weight excluding hydrogens is 376 g/mol. The lowest BCUT2D eigenvalue weighted by atomic mass is 10.1. The van der Waals surface area contributed by atoms with Crippen LogP contribution >= 0.6 is 0 Å². The van der Waals surface area contributed by atoms with Crippen molar-refractivity contribution in [1.29, 1.82) is 0 Å². The van der Waals surface area contributed by atoms with E-state index in [4.69, 9.17) is 9.47 Å². The molecule has 0 fully saturated rings. The van der Waals surface area contributed by atoms with E-state index in [1.807, 2.05) is 55.5 Å². The van der Waals surface area contributed by atoms with Gasteiger partial charge in [0.05, 0.1) is 25.4 Å². The first-order valence-electron chi connectivity index (χ1n) is 10.1. The van der Waals surface area contributed by atoms with Gasteiger partial charge in [0.15, 0.2) is 6.10 Å². The van der Waals surface area contributed by atoms with Gasteiger partial charge >= 0.3 is 0 Å². The highest BCUT2D eigenvalue weighted by Crippen LogP contribution is 2.38. The fourth-order valence-electron chi connectivity index (χ4n) is 3.64. The molecule has 5 heteroatoms. The van der Waals surface area contributed by atoms with Crippen LogP contribution < -0.4 is 19.7 Å². The van der Waals surface area contributed by atoms with Gasteiger partial charge < -0.3 is 19.7 Å². The fourth-order valence-corrected chi connectivity index (χ4v) is 3.64. The first kappa shape index (κ1) is 19.8. The minimum Gasteiger partial charge on any atom is -0.497 e. The van der Waals surface area contributed by atoms with E-state index in [2.05, 4.69) is 41.4 Å². The first-order chi connectivity index (χ1) is 14.5. The zero-order valence-electron chi connectivity index (χ0n) is 17.5. The van der Waals surface area contributed by atoms with Crippen molar-refractivity contribution in [3.63, 3.8) is 0 Å². The number of amides is 1. The molecule has 0 aromatic heterocycles. The number of anilines is 2. The summed E-state index contributed by atoms with van der Waals surface area (Å²) in [5.74, 6) is 1.33. The topological polar surface area (TPSA) is 50.8 Å². The van der Waals surface area contributed by atoms with E-state index >= 15 is 0 Å². The molecule has 1 heterocycles. The number of fused-ring (bicyclic) bond motifs is 1. The number of benzene rings is 3. The Morgan fingerprint density at radius 2 is 1.87 bits per heavy atom. The molecule has 1 amide bonds. The van der Waals surface area contributed by atoms with Gasteiger partial charge in [-0.05, 0) is 55.8 Å². The number of para-hydroxylation sites is 2. The van der Waals surface area contributed by atoms with Crippen LogP contribution in [-0.2, 0) is 4.79 Å². The van der Waals surface area contributed by atoms with Crippen LogP contribution in [0.2, 0.25) is 0 Å². The summed E-state index contributed by atoms with van der Waals surface area (Å²) < 4.78 is 11.4. The van der Waals surface area contributed by atoms with Gasteiger partial charge in [0.2, 0.25) is 0 Å². The normalized spacial score (nSPS) is 16.2. The molecule has 2 atom stereocenters. The second kappa shape index (κ2) is 8.49. The summed E-state index contributed by atoms with van der Waals surface area (Å²) in [5.41, 5.74) is 4.18. The highest BCUT2D eigenvalue weighted by Gasteiger charge is 2.32. The molecule has 0 saturated heterocycles. The van der Waals surface area contributed by atoms with Crippen molar-refractivity contribution in [2.75, 3.05) is 18.6 Å². The summed E-state index contributed by atoms with van der Waals surface area (Å²) in [6.45, 7) is 4.46. The van der Waals surface area contributed by atoms with Gasteiger partial charge in [-0.2, -0.15) is 0 Å². The fraction of sp³-hybridized carbons (Fsp3) is 0.240. The maximum Gasteiger partial charge on any atom is 0.263 e. The Morgan fingerprint density at radius 3 is 2.63 bits per heavy atom. The molecular formula is C25H26N2O3. The van der Waals surface area contributed by atoms with E-state index in [0.717, 1.165) is 22.7 Å². The number of methoxy groups -OCH3 is 1. The highest BCUT2D eigenvalue weighted by molar-refractivity contribution is 5.85. The lowest BCUT2D eigenvalue weighted by Crippen LogP contribution is -2.48. The number of nitrogens with zero attached hydrogens (tertiary/aromatic N) is 1. The highest BCUT2D eigenvalue weighted by atomic mass is 16.5. The molecule has 1 unspecified atom stereocenters. The molecule has 154 valence electrons. The standard InChI is InChI=1S/C25H26N2O3/c1-17-11-13-20(14-12-17)27-16-24(30-23-10-5-4-9-22(23)27)25(28)26-18(2)19-7-6-8-21(15-19)29-3/h4-15,18,24H,16H2,1-3H3,(H,26,28)/t18-,24?/m1/s1. The minimum atomic E-state index is -0.616. The Labute approximate surface area is 177 Å². The van der Waals surface area contributed by atoms with Gasteiger partial charge in [0.1, 0.15) is 11.5 Å². The smallest absolute Gasteiger partial charge is 0.263 e. The third-order valence-corrected chi connectivity index (χ3v) is 5.36. The Morgan fingerprint density at radius 1 is 1.10 bits per heavy atom. The second-order valence-electron chi connectivity index (χ2n) is 7.53. The lowest BCUT2D eigenvalue weighted by Gasteiger charge is -2.36. The molecule has 3 aromatic rings. The van der Waals surface area contributed by atoms with Crippen LogP contribution in [0, 0.1) is 6.92 Å². The van der Waals surface area contributed by atoms with E-state index in [1.54, 1.807) is 7.11 Å². The number of hydrogen-bond acceptors (Lipinski definition) is 4. The molecule has 1 aliphatic heterocycles. The van der Waals surface area contributed by atoms with E-state index in [-0.39, 0.29) is 11.9 Å². The van der Waals surface area contributed by atoms with Crippen LogP contribution in [0.15, 0.2) is 72.8 Å². The molecule has 0 saturated carbocycles. The van der Waals surface area contributed by atoms with E-state index in [0.29, 0.717) is 12.3 Å². The minimum absolute atomic E-state index is 0.142. The van der Waals surface area contributed by atoms with Gasteiger partial charge in [-0.1, -0.05) is 42.0 Å². The maximum absolute atomic E-state index is 13.1. The number of ether oxygens (including phenoxy) is 2. The lowest BCUT2D eigenvalue weighted by molar-refractivity contribution is -0.128. The van der Waals surface area contributed by atoms with Crippen molar-refractivity contribution >= 4 is 17.3 Å². The Balaban J connectivity index is 1.55. The second-order valence-corrected chi connectivity index (χ2v) is 7.53. The zero-order chi connectivity index (χ0) is 21.1. The van der Waals surface area contributed by atoms with Gasteiger partial charge in [-0.25, -0.2) is 0 Å². The monoisotopic (exact) mass is 402 g/mol. The summed E-state index contributed by atoms with van der Waals surface area (Å²) in [7, 11) is 1.63. The predicted molar refractivity (Wildman–Crippen MR) is 119 cm³/mol. The summed E-state index contributed by atoms with van der Waals surface area (Å²) in [4.78, 5) is 15.2. The predicted octanol–water partition coefficient (Wildman–Crippen LogP) is 4.78. The third-order valence-electron chi connectivity index (χ3n) is 5.36. The molecule has 3 aromatic carbocycles. The average Bonchev–Trinajstić information content (AvgIpc) is 2.79. The first-order valence-corrected chi connectivity index (χ1v) is 10.1. The van der Waals surface area contributed by atoms with Crippen molar-refractivity contribution in [3.8, 4) is 11.5 Å². The van der Waals surface area contributed by atoms with Crippen LogP contribution in [0.1, 0.15) is 24.1 Å². The van der Waals surface area contributed by atoms with Crippen molar-refractivity contribution in [3.05, 3.63) is 83.9 Å². The maximum atomic E-state index is 13.1. The van der Waals surface area contributed by atoms with Gasteiger partial charge in [-0.3, -0.25) is 4.79 Å². The quantitative estimate of drug-likeness (QED) is 0.667. The number of aryl methyl sites for hydroxylation is 1. The number of carbonyl (C=O) groups is 1. The summed E-state index contributed by atoms with van der Waals surface area (Å²) in [5, 5.41) is 3.08. The molecule has 30 heavy (non-hydrogen) atoms. The molecule has 1 aliphatic rings. The summed E-state index contributed by atoms with van der Waals surface area (Å²) in [6, 6.07) is 23.7. The summed E-state index contributed by atoms with van der Waals surface area (Å²) in [6.07, 6.45) is -0.616. The van der Waals surface area contributed by atoms with Crippen molar-refractivity contribution in [2.45, 2.75) is 26.0 Å².